The fraction of sp³-hybridized carbons (Fsp3) is 0.833. The standard InChI is InChI=1S/C12H23N5/c1-10(2)8-17(9-11-5-4-6-13-11)12-7-14-15-16(12)3/h7,10-11,13H,4-6,8-9H2,1-3H3. The summed E-state index contributed by atoms with van der Waals surface area (Å²) in [5.41, 5.74) is 0. The van der Waals surface area contributed by atoms with E-state index in [1.807, 2.05) is 17.9 Å². The van der Waals surface area contributed by atoms with Crippen molar-refractivity contribution in [2.45, 2.75) is 32.7 Å². The van der Waals surface area contributed by atoms with Gasteiger partial charge in [-0.25, -0.2) is 4.68 Å². The second kappa shape index (κ2) is 5.49. The quantitative estimate of drug-likeness (QED) is 0.831. The van der Waals surface area contributed by atoms with Crippen LogP contribution >= 0.6 is 0 Å². The molecule has 17 heavy (non-hydrogen) atoms. The van der Waals surface area contributed by atoms with Crippen LogP contribution in [0.15, 0.2) is 6.20 Å². The molecule has 0 bridgehead atoms. The second-order valence-electron chi connectivity index (χ2n) is 5.31. The van der Waals surface area contributed by atoms with E-state index < -0.39 is 0 Å². The van der Waals surface area contributed by atoms with E-state index in [4.69, 9.17) is 0 Å². The van der Waals surface area contributed by atoms with Gasteiger partial charge in [-0.2, -0.15) is 0 Å². The lowest BCUT2D eigenvalue weighted by atomic mass is 10.1. The van der Waals surface area contributed by atoms with Crippen molar-refractivity contribution in [1.29, 1.82) is 0 Å². The van der Waals surface area contributed by atoms with Gasteiger partial charge in [-0.3, -0.25) is 0 Å². The van der Waals surface area contributed by atoms with Crippen molar-refractivity contribution in [1.82, 2.24) is 20.3 Å². The van der Waals surface area contributed by atoms with Crippen molar-refractivity contribution < 1.29 is 0 Å². The molecule has 1 aromatic heterocycles. The average molecular weight is 237 g/mol. The lowest BCUT2D eigenvalue weighted by Gasteiger charge is -2.28. The maximum Gasteiger partial charge on any atom is 0.147 e. The van der Waals surface area contributed by atoms with Crippen LogP contribution in [-0.4, -0.2) is 40.7 Å². The van der Waals surface area contributed by atoms with Crippen molar-refractivity contribution in [2.24, 2.45) is 13.0 Å². The molecule has 96 valence electrons. The number of rotatable bonds is 5. The van der Waals surface area contributed by atoms with Gasteiger partial charge in [-0.1, -0.05) is 19.1 Å². The number of hydrogen-bond acceptors (Lipinski definition) is 4. The van der Waals surface area contributed by atoms with Gasteiger partial charge in [0.2, 0.25) is 0 Å². The number of aryl methyl sites for hydroxylation is 1. The minimum absolute atomic E-state index is 0.614. The third-order valence-corrected chi connectivity index (χ3v) is 3.20. The van der Waals surface area contributed by atoms with Gasteiger partial charge < -0.3 is 10.2 Å². The van der Waals surface area contributed by atoms with Gasteiger partial charge in [0.1, 0.15) is 5.82 Å². The molecule has 1 aromatic rings. The first-order valence-electron chi connectivity index (χ1n) is 6.50. The molecule has 2 heterocycles. The molecule has 0 spiro atoms. The summed E-state index contributed by atoms with van der Waals surface area (Å²) >= 11 is 0. The summed E-state index contributed by atoms with van der Waals surface area (Å²) < 4.78 is 1.86. The van der Waals surface area contributed by atoms with Crippen LogP contribution in [0.4, 0.5) is 5.82 Å². The highest BCUT2D eigenvalue weighted by Crippen LogP contribution is 2.16. The molecular formula is C12H23N5. The Labute approximate surface area is 103 Å². The summed E-state index contributed by atoms with van der Waals surface area (Å²) in [6.45, 7) is 7.76. The number of nitrogens with one attached hydrogen (secondary N) is 1. The Hall–Kier alpha value is -1.10. The molecule has 0 aromatic carbocycles. The van der Waals surface area contributed by atoms with Crippen LogP contribution in [0.2, 0.25) is 0 Å². The fourth-order valence-corrected chi connectivity index (χ4v) is 2.45. The van der Waals surface area contributed by atoms with Crippen LogP contribution < -0.4 is 10.2 Å². The highest BCUT2D eigenvalue weighted by Gasteiger charge is 2.20. The summed E-state index contributed by atoms with van der Waals surface area (Å²) in [5, 5.41) is 11.5. The van der Waals surface area contributed by atoms with Crippen LogP contribution in [-0.2, 0) is 7.05 Å². The summed E-state index contributed by atoms with van der Waals surface area (Å²) in [5.74, 6) is 1.76. The van der Waals surface area contributed by atoms with Crippen molar-refractivity contribution in [2.75, 3.05) is 24.5 Å². The third-order valence-electron chi connectivity index (χ3n) is 3.20. The molecule has 5 heteroatoms. The van der Waals surface area contributed by atoms with Gasteiger partial charge in [0, 0.05) is 26.2 Å². The summed E-state index contributed by atoms with van der Waals surface area (Å²) in [4.78, 5) is 2.40. The second-order valence-corrected chi connectivity index (χ2v) is 5.31. The first-order valence-corrected chi connectivity index (χ1v) is 6.50. The first kappa shape index (κ1) is 12.4. The largest absolute Gasteiger partial charge is 0.354 e. The Balaban J connectivity index is 2.04. The molecule has 1 atom stereocenters. The summed E-state index contributed by atoms with van der Waals surface area (Å²) in [6.07, 6.45) is 4.43. The van der Waals surface area contributed by atoms with Crippen molar-refractivity contribution in [3.05, 3.63) is 6.20 Å². The predicted molar refractivity (Wildman–Crippen MR) is 69.1 cm³/mol. The summed E-state index contributed by atoms with van der Waals surface area (Å²) in [7, 11) is 1.96. The average Bonchev–Trinajstić information content (AvgIpc) is 2.87. The molecule has 0 aliphatic carbocycles. The minimum Gasteiger partial charge on any atom is -0.354 e. The van der Waals surface area contributed by atoms with E-state index in [0.29, 0.717) is 12.0 Å². The maximum atomic E-state index is 4.02. The Kier molecular flexibility index (Phi) is 3.99. The number of aromatic nitrogens is 3. The van der Waals surface area contributed by atoms with E-state index in [0.717, 1.165) is 25.5 Å². The molecular weight excluding hydrogens is 214 g/mol. The Morgan fingerprint density at radius 1 is 1.59 bits per heavy atom. The highest BCUT2D eigenvalue weighted by molar-refractivity contribution is 5.36. The van der Waals surface area contributed by atoms with Crippen LogP contribution in [0.3, 0.4) is 0 Å². The molecule has 1 N–H and O–H groups in total. The van der Waals surface area contributed by atoms with Gasteiger partial charge in [-0.05, 0) is 25.3 Å². The molecule has 1 fully saturated rings. The zero-order valence-electron chi connectivity index (χ0n) is 11.1. The molecule has 5 nitrogen and oxygen atoms in total. The smallest absolute Gasteiger partial charge is 0.147 e. The molecule has 1 aliphatic heterocycles. The van der Waals surface area contributed by atoms with Crippen molar-refractivity contribution in [3.63, 3.8) is 0 Å². The van der Waals surface area contributed by atoms with Crippen molar-refractivity contribution in [3.8, 4) is 0 Å². The molecule has 2 rings (SSSR count). The molecule has 0 radical (unpaired) electrons. The van der Waals surface area contributed by atoms with Gasteiger partial charge in [-0.15, -0.1) is 5.10 Å². The van der Waals surface area contributed by atoms with Crippen LogP contribution in [0.5, 0.6) is 0 Å². The Morgan fingerprint density at radius 2 is 2.41 bits per heavy atom. The maximum absolute atomic E-state index is 4.02. The predicted octanol–water partition coefficient (Wildman–Crippen LogP) is 1.03. The molecule has 0 amide bonds. The van der Waals surface area contributed by atoms with E-state index in [2.05, 4.69) is 34.4 Å². The lowest BCUT2D eigenvalue weighted by molar-refractivity contribution is 0.529. The normalized spacial score (nSPS) is 20.1. The lowest BCUT2D eigenvalue weighted by Crippen LogP contribution is -2.40. The van der Waals surface area contributed by atoms with E-state index >= 15 is 0 Å². The SMILES string of the molecule is CC(C)CN(CC1CCCN1)c1cnnn1C. The monoisotopic (exact) mass is 237 g/mol. The molecule has 1 saturated heterocycles. The van der Waals surface area contributed by atoms with Crippen LogP contribution in [0.1, 0.15) is 26.7 Å². The van der Waals surface area contributed by atoms with Gasteiger partial charge in [0.05, 0.1) is 6.20 Å². The first-order chi connectivity index (χ1) is 8.16. The number of nitrogens with zero attached hydrogens (tertiary/aromatic N) is 4. The van der Waals surface area contributed by atoms with Crippen molar-refractivity contribution >= 4 is 5.82 Å². The van der Waals surface area contributed by atoms with E-state index in [1.165, 1.54) is 12.8 Å². The topological polar surface area (TPSA) is 46.0 Å². The number of hydrogen-bond donors (Lipinski definition) is 1. The minimum atomic E-state index is 0.614. The van der Waals surface area contributed by atoms with Crippen LogP contribution in [0.25, 0.3) is 0 Å². The zero-order chi connectivity index (χ0) is 12.3. The highest BCUT2D eigenvalue weighted by atomic mass is 15.5. The Morgan fingerprint density at radius 3 is 2.94 bits per heavy atom. The molecule has 0 saturated carbocycles. The summed E-state index contributed by atoms with van der Waals surface area (Å²) in [6, 6.07) is 0.614. The zero-order valence-corrected chi connectivity index (χ0v) is 11.1. The van der Waals surface area contributed by atoms with E-state index in [-0.39, 0.29) is 0 Å². The fourth-order valence-electron chi connectivity index (χ4n) is 2.45. The van der Waals surface area contributed by atoms with Gasteiger partial charge in [0.15, 0.2) is 0 Å². The third kappa shape index (κ3) is 3.19. The molecule has 1 unspecified atom stereocenters. The van der Waals surface area contributed by atoms with Crippen LogP contribution in [0, 0.1) is 5.92 Å². The Bertz CT molecular complexity index is 340. The van der Waals surface area contributed by atoms with Gasteiger partial charge >= 0.3 is 0 Å². The van der Waals surface area contributed by atoms with E-state index in [9.17, 15) is 0 Å². The van der Waals surface area contributed by atoms with E-state index in [1.54, 1.807) is 0 Å². The van der Waals surface area contributed by atoms with Gasteiger partial charge in [0.25, 0.3) is 0 Å². The molecule has 1 aliphatic rings. The number of anilines is 1.